The first-order valence-corrected chi connectivity index (χ1v) is 15.4. The quantitative estimate of drug-likeness (QED) is 0.104. The minimum atomic E-state index is -1.31. The van der Waals surface area contributed by atoms with Crippen LogP contribution >= 0.6 is 11.8 Å². The Morgan fingerprint density at radius 1 is 0.864 bits per heavy atom. The van der Waals surface area contributed by atoms with E-state index in [0.29, 0.717) is 11.3 Å². The Morgan fingerprint density at radius 3 is 2.16 bits per heavy atom. The molecule has 14 heteroatoms. The highest BCUT2D eigenvalue weighted by molar-refractivity contribution is 7.98. The number of nitrogens with one attached hydrogen (secondary N) is 4. The van der Waals surface area contributed by atoms with Crippen LogP contribution < -0.4 is 27.4 Å². The smallest absolute Gasteiger partial charge is 0.326 e. The second kappa shape index (κ2) is 16.3. The molecule has 4 unspecified atom stereocenters. The van der Waals surface area contributed by atoms with Crippen LogP contribution in [0.4, 0.5) is 0 Å². The number of benzene rings is 2. The molecule has 4 atom stereocenters. The zero-order valence-corrected chi connectivity index (χ0v) is 25.1. The number of aromatic nitrogens is 1. The van der Waals surface area contributed by atoms with Gasteiger partial charge in [0.1, 0.15) is 23.9 Å². The Morgan fingerprint density at radius 2 is 1.50 bits per heavy atom. The normalized spacial score (nSPS) is 13.8. The fourth-order valence-corrected chi connectivity index (χ4v) is 5.05. The summed E-state index contributed by atoms with van der Waals surface area (Å²) in [5.41, 5.74) is 13.8. The van der Waals surface area contributed by atoms with E-state index in [-0.39, 0.29) is 37.9 Å². The summed E-state index contributed by atoms with van der Waals surface area (Å²) < 4.78 is 0. The third kappa shape index (κ3) is 10.0. The Balaban J connectivity index is 1.79. The topological polar surface area (TPSA) is 230 Å². The summed E-state index contributed by atoms with van der Waals surface area (Å²) in [4.78, 5) is 66.3. The minimum absolute atomic E-state index is 0.0113. The molecule has 3 rings (SSSR count). The Labute approximate surface area is 258 Å². The summed E-state index contributed by atoms with van der Waals surface area (Å²) in [6.45, 7) is 0. The average molecular weight is 627 g/mol. The number of hydrogen-bond acceptors (Lipinski definition) is 8. The first-order chi connectivity index (χ1) is 21.0. The molecule has 3 aromatic rings. The predicted octanol–water partition coefficient (Wildman–Crippen LogP) is 0.544. The van der Waals surface area contributed by atoms with Gasteiger partial charge < -0.3 is 42.6 Å². The number of hydrogen-bond donors (Lipinski definition) is 8. The number of nitrogens with two attached hydrogens (primary N) is 2. The number of para-hydroxylation sites is 1. The van der Waals surface area contributed by atoms with Crippen LogP contribution in [0.3, 0.4) is 0 Å². The number of fused-ring (bicyclic) bond motifs is 1. The molecule has 10 N–H and O–H groups in total. The highest BCUT2D eigenvalue weighted by Crippen LogP contribution is 2.19. The number of primary amides is 1. The second-order valence-electron chi connectivity index (χ2n) is 10.3. The van der Waals surface area contributed by atoms with Crippen LogP contribution in [0.5, 0.6) is 5.75 Å². The summed E-state index contributed by atoms with van der Waals surface area (Å²) in [6.07, 6.45) is 3.42. The van der Waals surface area contributed by atoms with Crippen molar-refractivity contribution < 1.29 is 34.2 Å². The van der Waals surface area contributed by atoms with Crippen LogP contribution in [0.15, 0.2) is 54.7 Å². The summed E-state index contributed by atoms with van der Waals surface area (Å²) in [6, 6.07) is 8.81. The van der Waals surface area contributed by atoms with Gasteiger partial charge in [-0.05, 0) is 60.6 Å². The maximum Gasteiger partial charge on any atom is 0.326 e. The molecular weight excluding hydrogens is 588 g/mol. The van der Waals surface area contributed by atoms with Crippen molar-refractivity contribution in [3.63, 3.8) is 0 Å². The van der Waals surface area contributed by atoms with Crippen LogP contribution in [-0.4, -0.2) is 81.0 Å². The number of carbonyl (C=O) groups is 5. The molecule has 0 fully saturated rings. The average Bonchev–Trinajstić information content (AvgIpc) is 3.40. The van der Waals surface area contributed by atoms with Crippen molar-refractivity contribution in [3.8, 4) is 5.75 Å². The number of phenolic OH excluding ortho intramolecular Hbond substituents is 1. The molecule has 0 aliphatic carbocycles. The van der Waals surface area contributed by atoms with Crippen molar-refractivity contribution in [1.82, 2.24) is 20.9 Å². The monoisotopic (exact) mass is 626 g/mol. The lowest BCUT2D eigenvalue weighted by Crippen LogP contribution is -2.58. The van der Waals surface area contributed by atoms with Gasteiger partial charge in [-0.15, -0.1) is 0 Å². The lowest BCUT2D eigenvalue weighted by molar-refractivity contribution is -0.142. The molecule has 0 aliphatic heterocycles. The Bertz CT molecular complexity index is 1460. The molecule has 0 bridgehead atoms. The molecule has 0 aliphatic rings. The van der Waals surface area contributed by atoms with Crippen LogP contribution in [0.25, 0.3) is 10.9 Å². The fourth-order valence-electron chi connectivity index (χ4n) is 4.58. The lowest BCUT2D eigenvalue weighted by atomic mass is 10.0. The van der Waals surface area contributed by atoms with Crippen molar-refractivity contribution in [2.45, 2.75) is 56.3 Å². The number of carbonyl (C=O) groups excluding carboxylic acids is 4. The number of carboxylic acids is 1. The van der Waals surface area contributed by atoms with E-state index in [9.17, 15) is 34.2 Å². The van der Waals surface area contributed by atoms with Gasteiger partial charge in [0.15, 0.2) is 0 Å². The van der Waals surface area contributed by atoms with Crippen LogP contribution in [-0.2, 0) is 36.8 Å². The second-order valence-corrected chi connectivity index (χ2v) is 11.3. The number of rotatable bonds is 17. The van der Waals surface area contributed by atoms with Crippen LogP contribution in [0.1, 0.15) is 30.4 Å². The molecule has 1 heterocycles. The van der Waals surface area contributed by atoms with Gasteiger partial charge in [-0.3, -0.25) is 19.2 Å². The first-order valence-electron chi connectivity index (χ1n) is 14.0. The van der Waals surface area contributed by atoms with E-state index < -0.39 is 53.8 Å². The molecule has 236 valence electrons. The standard InChI is InChI=1S/C30H38N6O7S/c1-44-13-12-24(30(42)43)35-28(40)23(10-11-26(32)38)34-29(41)25(14-17-6-8-19(37)9-7-17)36-27(39)21(31)15-18-16-33-22-5-3-2-4-20(18)22/h2-9,16,21,23-25,33,37H,10-15,31H2,1H3,(H2,32,38)(H,34,41)(H,35,40)(H,36,39)(H,42,43). The number of amides is 4. The molecule has 13 nitrogen and oxygen atoms in total. The number of carboxylic acid groups (broad SMARTS) is 1. The third-order valence-corrected chi connectivity index (χ3v) is 7.64. The summed E-state index contributed by atoms with van der Waals surface area (Å²) in [7, 11) is 0. The highest BCUT2D eigenvalue weighted by atomic mass is 32.2. The van der Waals surface area contributed by atoms with Gasteiger partial charge in [-0.2, -0.15) is 11.8 Å². The van der Waals surface area contributed by atoms with Crippen molar-refractivity contribution in [2.75, 3.05) is 12.0 Å². The maximum absolute atomic E-state index is 13.6. The van der Waals surface area contributed by atoms with Crippen LogP contribution in [0.2, 0.25) is 0 Å². The number of aromatic hydroxyl groups is 1. The zero-order chi connectivity index (χ0) is 32.2. The molecule has 2 aromatic carbocycles. The lowest BCUT2D eigenvalue weighted by Gasteiger charge is -2.25. The van der Waals surface area contributed by atoms with Crippen molar-refractivity contribution in [3.05, 3.63) is 65.9 Å². The molecule has 0 saturated carbocycles. The first kappa shape index (κ1) is 33.9. The zero-order valence-electron chi connectivity index (χ0n) is 24.2. The number of thioether (sulfide) groups is 1. The number of aliphatic carboxylic acids is 1. The van der Waals surface area contributed by atoms with Gasteiger partial charge in [0, 0.05) is 29.9 Å². The van der Waals surface area contributed by atoms with E-state index >= 15 is 0 Å². The van der Waals surface area contributed by atoms with Gasteiger partial charge in [0.05, 0.1) is 6.04 Å². The summed E-state index contributed by atoms with van der Waals surface area (Å²) >= 11 is 1.41. The molecular formula is C30H38N6O7S. The summed E-state index contributed by atoms with van der Waals surface area (Å²) in [5.74, 6) is -3.66. The fraction of sp³-hybridized carbons (Fsp3) is 0.367. The van der Waals surface area contributed by atoms with Gasteiger partial charge in [0.2, 0.25) is 23.6 Å². The van der Waals surface area contributed by atoms with Crippen molar-refractivity contribution >= 4 is 52.3 Å². The minimum Gasteiger partial charge on any atom is -0.508 e. The van der Waals surface area contributed by atoms with Crippen molar-refractivity contribution in [2.24, 2.45) is 11.5 Å². The molecule has 0 saturated heterocycles. The molecule has 1 aromatic heterocycles. The van der Waals surface area contributed by atoms with Gasteiger partial charge in [-0.25, -0.2) is 4.79 Å². The van der Waals surface area contributed by atoms with E-state index in [0.717, 1.165) is 16.5 Å². The van der Waals surface area contributed by atoms with Gasteiger partial charge in [0.25, 0.3) is 0 Å². The van der Waals surface area contributed by atoms with Gasteiger partial charge >= 0.3 is 5.97 Å². The van der Waals surface area contributed by atoms with E-state index in [1.54, 1.807) is 24.6 Å². The third-order valence-electron chi connectivity index (χ3n) is 7.00. The molecule has 0 radical (unpaired) electrons. The molecule has 0 spiro atoms. The van der Waals surface area contributed by atoms with Crippen molar-refractivity contribution in [1.29, 1.82) is 0 Å². The van der Waals surface area contributed by atoms with E-state index in [1.807, 2.05) is 24.3 Å². The largest absolute Gasteiger partial charge is 0.508 e. The van der Waals surface area contributed by atoms with E-state index in [2.05, 4.69) is 20.9 Å². The number of phenols is 1. The maximum atomic E-state index is 13.6. The highest BCUT2D eigenvalue weighted by Gasteiger charge is 2.31. The van der Waals surface area contributed by atoms with Crippen LogP contribution in [0, 0.1) is 0 Å². The number of aromatic amines is 1. The Hall–Kier alpha value is -4.56. The van der Waals surface area contributed by atoms with E-state index in [4.69, 9.17) is 11.5 Å². The molecule has 4 amide bonds. The predicted molar refractivity (Wildman–Crippen MR) is 167 cm³/mol. The SMILES string of the molecule is CSCCC(NC(=O)C(CCC(N)=O)NC(=O)C(Cc1ccc(O)cc1)NC(=O)C(N)Cc1c[nH]c2ccccc12)C(=O)O. The number of H-pyrrole nitrogens is 1. The van der Waals surface area contributed by atoms with Gasteiger partial charge in [-0.1, -0.05) is 30.3 Å². The van der Waals surface area contributed by atoms with E-state index in [1.165, 1.54) is 23.9 Å². The summed E-state index contributed by atoms with van der Waals surface area (Å²) in [5, 5.41) is 27.8. The molecule has 44 heavy (non-hydrogen) atoms. The Kier molecular flexibility index (Phi) is 12.6.